The topological polar surface area (TPSA) is 227 Å². The molecule has 17 nitrogen and oxygen atoms in total. The van der Waals surface area contributed by atoms with Crippen molar-refractivity contribution in [3.63, 3.8) is 0 Å². The first-order valence-electron chi connectivity index (χ1n) is 28.0. The minimum Gasteiger partial charge on any atom is -0.312 e. The highest BCUT2D eigenvalue weighted by molar-refractivity contribution is 7.23. The van der Waals surface area contributed by atoms with Crippen LogP contribution < -0.4 is 0 Å². The van der Waals surface area contributed by atoms with Crippen LogP contribution in [0.25, 0.3) is 83.2 Å². The lowest BCUT2D eigenvalue weighted by Crippen LogP contribution is -1.99. The minimum atomic E-state index is -0.500. The van der Waals surface area contributed by atoms with E-state index >= 15 is 0 Å². The molecule has 22 heteroatoms. The molecule has 0 amide bonds. The van der Waals surface area contributed by atoms with E-state index in [1.54, 1.807) is 60.0 Å². The van der Waals surface area contributed by atoms with Crippen LogP contribution in [0.15, 0.2) is 133 Å². The van der Waals surface area contributed by atoms with Crippen molar-refractivity contribution in [3.05, 3.63) is 240 Å². The molecule has 0 spiro atoms. The molecule has 90 heavy (non-hydrogen) atoms. The van der Waals surface area contributed by atoms with E-state index in [9.17, 15) is 20.2 Å². The van der Waals surface area contributed by atoms with Gasteiger partial charge in [0.1, 0.15) is 25.1 Å². The first kappa shape index (κ1) is 70.3. The van der Waals surface area contributed by atoms with Crippen LogP contribution in [0.1, 0.15) is 61.2 Å². The monoisotopic (exact) mass is 1300 g/mol. The number of aryl methyl sites for hydroxylation is 11. The molecule has 0 bridgehead atoms. The van der Waals surface area contributed by atoms with Gasteiger partial charge < -0.3 is 4.90 Å². The van der Waals surface area contributed by atoms with E-state index < -0.39 is 19.7 Å². The molecule has 12 aromatic rings. The summed E-state index contributed by atoms with van der Waals surface area (Å²) in [5.74, 6) is 0. The maximum Gasteiger partial charge on any atom is 0.293 e. The zero-order valence-corrected chi connectivity index (χ0v) is 57.0. The largest absolute Gasteiger partial charge is 0.312 e. The van der Waals surface area contributed by atoms with E-state index in [0.717, 1.165) is 72.1 Å². The Morgan fingerprint density at radius 3 is 1.06 bits per heavy atom. The molecule has 4 aromatic heterocycles. The van der Waals surface area contributed by atoms with Gasteiger partial charge in [-0.05, 0) is 161 Å². The Kier molecular flexibility index (Phi) is 24.6. The van der Waals surface area contributed by atoms with Gasteiger partial charge in [0.25, 0.3) is 11.4 Å². The van der Waals surface area contributed by atoms with Gasteiger partial charge in [0.2, 0.25) is 0 Å². The smallest absolute Gasteiger partial charge is 0.293 e. The Labute approximate surface area is 544 Å². The summed E-state index contributed by atoms with van der Waals surface area (Å²) in [6.45, 7) is 22.6. The van der Waals surface area contributed by atoms with Crippen molar-refractivity contribution in [2.45, 2.75) is 76.2 Å². The lowest BCUT2D eigenvalue weighted by Gasteiger charge is -2.04. The van der Waals surface area contributed by atoms with E-state index in [4.69, 9.17) is 41.8 Å². The lowest BCUT2D eigenvalue weighted by atomic mass is 10.1. The van der Waals surface area contributed by atoms with E-state index in [-0.39, 0.29) is 16.4 Å². The van der Waals surface area contributed by atoms with Crippen LogP contribution in [0, 0.1) is 117 Å². The van der Waals surface area contributed by atoms with E-state index in [2.05, 4.69) is 144 Å². The molecular weight excluding hydrogens is 1230 g/mol. The fourth-order valence-electron chi connectivity index (χ4n) is 8.97. The summed E-state index contributed by atoms with van der Waals surface area (Å²) in [5.41, 5.74) is 21.0. The number of fused-ring (bicyclic) bond motifs is 4. The second-order valence-electron chi connectivity index (χ2n) is 21.7. The van der Waals surface area contributed by atoms with Gasteiger partial charge in [-0.1, -0.05) is 125 Å². The van der Waals surface area contributed by atoms with Crippen LogP contribution in [-0.2, 0) is 0 Å². The van der Waals surface area contributed by atoms with Crippen LogP contribution in [-0.4, -0.2) is 79.8 Å². The van der Waals surface area contributed by atoms with Crippen molar-refractivity contribution in [1.29, 1.82) is 0 Å². The van der Waals surface area contributed by atoms with Crippen molar-refractivity contribution < 1.29 is 19.7 Å². The van der Waals surface area contributed by atoms with Crippen molar-refractivity contribution in [2.75, 3.05) is 35.2 Å². The van der Waals surface area contributed by atoms with Gasteiger partial charge in [-0.2, -0.15) is 0 Å². The molecule has 0 atom stereocenters. The number of nitro groups is 4. The molecule has 0 saturated carbocycles. The highest BCUT2D eigenvalue weighted by atomic mass is 35.5. The summed E-state index contributed by atoms with van der Waals surface area (Å²) in [5, 5.41) is 43.7. The third-order valence-electron chi connectivity index (χ3n) is 13.3. The normalized spacial score (nSPS) is 10.5. The quantitative estimate of drug-likeness (QED) is 0.112. The van der Waals surface area contributed by atoms with Gasteiger partial charge in [-0.3, -0.25) is 40.5 Å². The number of aromatic nitrogens is 4. The maximum absolute atomic E-state index is 11.2. The average Bonchev–Trinajstić information content (AvgIpc) is 1.61. The third kappa shape index (κ3) is 18.4. The second kappa shape index (κ2) is 31.6. The molecule has 0 aliphatic heterocycles. The van der Waals surface area contributed by atoms with Gasteiger partial charge in [-0.25, -0.2) is 19.9 Å². The van der Waals surface area contributed by atoms with Crippen molar-refractivity contribution in [2.24, 2.45) is 0 Å². The molecule has 8 aromatic carbocycles. The predicted octanol–water partition coefficient (Wildman–Crippen LogP) is 19.7. The Morgan fingerprint density at radius 1 is 0.378 bits per heavy atom. The highest BCUT2D eigenvalue weighted by Gasteiger charge is 2.25. The number of hydrogen-bond donors (Lipinski definition) is 0. The van der Waals surface area contributed by atoms with Crippen LogP contribution in [0.3, 0.4) is 0 Å². The number of nitro benzene ring substituents is 2. The summed E-state index contributed by atoms with van der Waals surface area (Å²) < 4.78 is 4.71. The SMILES string of the molecule is CN(C)C.C[N+](=O)[O-].C[N+](=O)[O-].Cc1c([N+](=O)[O-])c(Cl)c(C)c2sc(-c3ccccc3)nc12.Cc1cc(C)cc(-c2nc3c(C)ccc(C)c3s2)c1.Cc1ccc(-c2nc3c(C)ccc(C)c3s2)cc1.Cc1ccc(C)c2sc(-c3ccc([N+](=O)[O-])cc3)nc12. The molecule has 4 heterocycles. The summed E-state index contributed by atoms with van der Waals surface area (Å²) in [7, 11) is 7.78. The molecule has 0 aliphatic carbocycles. The number of thiazole rings is 4. The summed E-state index contributed by atoms with van der Waals surface area (Å²) in [4.78, 5) is 58.5. The molecule has 0 aliphatic rings. The standard InChI is InChI=1S/C17H17NS.C16H15NS.C15H11ClN2O2S.C15H12N2O2S.C3H9N.2CH3NO2/c1-10-7-11(2)9-14(8-10)17-18-15-12(3)5-6-13(4)16(15)19-17;1-10-4-8-13(9-5-10)16-17-14-11(2)6-7-12(3)15(14)18-16;1-8-11(16)13(18(19)20)9(2)12-14(8)21-15(17-12)10-6-4-3-5-7-10;1-9-3-4-10(2)14-13(9)16-15(20-14)11-5-7-12(8-6-11)17(18)19;1-4(2)3;2*1-2(3)4/h5-9H,1-4H3;4-9H,1-3H3;3-7H,1-2H3;3-8H,1-2H3;1-3H3;2*1H3. The van der Waals surface area contributed by atoms with Gasteiger partial charge in [-0.15, -0.1) is 45.3 Å². The molecule has 466 valence electrons. The maximum atomic E-state index is 11.2. The summed E-state index contributed by atoms with van der Waals surface area (Å²) >= 11 is 12.9. The molecular formula is C68H70ClN9O8S4. The molecule has 0 saturated heterocycles. The fraction of sp³-hybridized carbons (Fsp3) is 0.235. The van der Waals surface area contributed by atoms with Crippen LogP contribution in [0.4, 0.5) is 11.4 Å². The lowest BCUT2D eigenvalue weighted by molar-refractivity contribution is -0.445. The Balaban J connectivity index is 0.000000180. The Hall–Kier alpha value is -8.83. The molecule has 0 unspecified atom stereocenters. The van der Waals surface area contributed by atoms with Gasteiger partial charge in [0.15, 0.2) is 14.1 Å². The molecule has 0 N–H and O–H groups in total. The van der Waals surface area contributed by atoms with Crippen molar-refractivity contribution in [1.82, 2.24) is 24.8 Å². The number of non-ortho nitro benzene ring substituents is 1. The molecule has 0 radical (unpaired) electrons. The summed E-state index contributed by atoms with van der Waals surface area (Å²) in [6.07, 6.45) is 0. The zero-order valence-electron chi connectivity index (χ0n) is 53.0. The zero-order chi connectivity index (χ0) is 66.4. The van der Waals surface area contributed by atoms with E-state index in [1.165, 1.54) is 93.2 Å². The molecule has 12 rings (SSSR count). The van der Waals surface area contributed by atoms with Crippen molar-refractivity contribution in [3.8, 4) is 42.3 Å². The Morgan fingerprint density at radius 2 is 0.700 bits per heavy atom. The highest BCUT2D eigenvalue weighted by Crippen LogP contribution is 2.43. The number of hydrogen-bond acceptors (Lipinski definition) is 17. The van der Waals surface area contributed by atoms with Gasteiger partial charge in [0, 0.05) is 44.2 Å². The van der Waals surface area contributed by atoms with Crippen molar-refractivity contribution >= 4 is 109 Å². The van der Waals surface area contributed by atoms with E-state index in [0.29, 0.717) is 16.6 Å². The molecule has 0 fully saturated rings. The van der Waals surface area contributed by atoms with Gasteiger partial charge >= 0.3 is 0 Å². The first-order chi connectivity index (χ1) is 42.4. The van der Waals surface area contributed by atoms with Crippen LogP contribution in [0.5, 0.6) is 0 Å². The first-order valence-corrected chi connectivity index (χ1v) is 31.7. The number of halogens is 1. The minimum absolute atomic E-state index is 0.0495. The fourth-order valence-corrected chi connectivity index (χ4v) is 13.8. The van der Waals surface area contributed by atoms with E-state index in [1.807, 2.05) is 63.3 Å². The Bertz CT molecular complexity index is 4380. The number of nitrogens with zero attached hydrogens (tertiary/aromatic N) is 9. The predicted molar refractivity (Wildman–Crippen MR) is 376 cm³/mol. The number of rotatable bonds is 6. The van der Waals surface area contributed by atoms with Crippen LogP contribution in [0.2, 0.25) is 5.02 Å². The van der Waals surface area contributed by atoms with Crippen LogP contribution >= 0.6 is 56.9 Å². The second-order valence-corrected chi connectivity index (χ2v) is 26.1. The summed E-state index contributed by atoms with van der Waals surface area (Å²) in [6, 6.07) is 44.3. The number of benzene rings is 8. The average molecular weight is 1310 g/mol. The van der Waals surface area contributed by atoms with Gasteiger partial charge in [0.05, 0.1) is 56.3 Å². The third-order valence-corrected chi connectivity index (χ3v) is 18.7.